The Labute approximate surface area is 210 Å². The molecule has 1 amide bonds. The number of H-pyrrole nitrogens is 1. The van der Waals surface area contributed by atoms with Crippen molar-refractivity contribution >= 4 is 27.8 Å². The van der Waals surface area contributed by atoms with Crippen molar-refractivity contribution in [2.75, 3.05) is 13.7 Å². The molecule has 0 aliphatic rings. The summed E-state index contributed by atoms with van der Waals surface area (Å²) in [6.45, 7) is 2.57. The summed E-state index contributed by atoms with van der Waals surface area (Å²) in [6.07, 6.45) is 2.42. The Morgan fingerprint density at radius 3 is 2.58 bits per heavy atom. The summed E-state index contributed by atoms with van der Waals surface area (Å²) in [5.41, 5.74) is 2.92. The van der Waals surface area contributed by atoms with Crippen LogP contribution < -0.4 is 10.6 Å². The van der Waals surface area contributed by atoms with Gasteiger partial charge < -0.3 is 19.5 Å². The number of hydrogen-bond acceptors (Lipinski definition) is 4. The summed E-state index contributed by atoms with van der Waals surface area (Å²) < 4.78 is 11.7. The van der Waals surface area contributed by atoms with Gasteiger partial charge in [-0.25, -0.2) is 0 Å². The minimum Gasteiger partial charge on any atom is -0.460 e. The molecule has 0 saturated carbocycles. The fourth-order valence-electron chi connectivity index (χ4n) is 4.78. The summed E-state index contributed by atoms with van der Waals surface area (Å²) in [4.78, 5) is 17.3. The maximum absolute atomic E-state index is 14.0. The normalized spacial score (nSPS) is 14.1. The lowest BCUT2D eigenvalue weighted by Crippen LogP contribution is -2.61. The fourth-order valence-corrected chi connectivity index (χ4v) is 4.78. The van der Waals surface area contributed by atoms with Crippen molar-refractivity contribution < 1.29 is 13.9 Å². The van der Waals surface area contributed by atoms with E-state index in [9.17, 15) is 4.79 Å². The number of fused-ring (bicyclic) bond motifs is 2. The van der Waals surface area contributed by atoms with Crippen LogP contribution in [0, 0.1) is 0 Å². The van der Waals surface area contributed by atoms with E-state index in [-0.39, 0.29) is 18.6 Å². The molecule has 36 heavy (non-hydrogen) atoms. The number of hydrogen-bond donors (Lipinski definition) is 3. The highest BCUT2D eigenvalue weighted by Crippen LogP contribution is 2.26. The van der Waals surface area contributed by atoms with E-state index in [0.29, 0.717) is 13.0 Å². The molecule has 3 N–H and O–H groups in total. The summed E-state index contributed by atoms with van der Waals surface area (Å²) in [5, 5.41) is 8.87. The van der Waals surface area contributed by atoms with Crippen molar-refractivity contribution in [1.82, 2.24) is 15.6 Å². The van der Waals surface area contributed by atoms with E-state index in [1.54, 1.807) is 7.11 Å². The summed E-state index contributed by atoms with van der Waals surface area (Å²) in [6, 6.07) is 27.8. The van der Waals surface area contributed by atoms with E-state index in [0.717, 1.165) is 38.8 Å². The van der Waals surface area contributed by atoms with Crippen LogP contribution >= 0.6 is 0 Å². The first-order valence-electron chi connectivity index (χ1n) is 12.2. The minimum absolute atomic E-state index is 0.123. The van der Waals surface area contributed by atoms with E-state index in [1.807, 2.05) is 92.0 Å². The zero-order valence-corrected chi connectivity index (χ0v) is 20.6. The van der Waals surface area contributed by atoms with Crippen molar-refractivity contribution in [1.29, 1.82) is 0 Å². The average molecular weight is 482 g/mol. The van der Waals surface area contributed by atoms with Crippen molar-refractivity contribution in [2.24, 2.45) is 0 Å². The van der Waals surface area contributed by atoms with Crippen LogP contribution in [0.1, 0.15) is 29.9 Å². The lowest BCUT2D eigenvalue weighted by molar-refractivity contribution is -0.130. The zero-order chi connectivity index (χ0) is 25.0. The third-order valence-corrected chi connectivity index (χ3v) is 6.72. The molecule has 6 nitrogen and oxygen atoms in total. The standard InChI is InChI=1S/C30H31N3O3/c1-21(22-10-4-3-5-11-22)33-29(34)30(20-35-2,17-24-18-31-27-14-8-7-13-26(24)27)32-19-25-16-23-12-6-9-15-28(23)36-25/h3-16,18,21,31-32H,17,19-20H2,1-2H3,(H,33,34). The second-order valence-corrected chi connectivity index (χ2v) is 9.26. The highest BCUT2D eigenvalue weighted by Gasteiger charge is 2.40. The van der Waals surface area contributed by atoms with Crippen LogP contribution in [0.2, 0.25) is 0 Å². The minimum atomic E-state index is -1.03. The van der Waals surface area contributed by atoms with E-state index in [4.69, 9.17) is 9.15 Å². The first-order chi connectivity index (χ1) is 17.6. The Bertz CT molecular complexity index is 1420. The molecule has 5 aromatic rings. The number of methoxy groups -OCH3 is 1. The third-order valence-electron chi connectivity index (χ3n) is 6.72. The number of ether oxygens (including phenoxy) is 1. The van der Waals surface area contributed by atoms with Crippen LogP contribution in [0.4, 0.5) is 0 Å². The molecular weight excluding hydrogens is 450 g/mol. The van der Waals surface area contributed by atoms with Gasteiger partial charge in [0.05, 0.1) is 19.2 Å². The number of aromatic nitrogens is 1. The monoisotopic (exact) mass is 481 g/mol. The molecule has 2 heterocycles. The predicted molar refractivity (Wildman–Crippen MR) is 143 cm³/mol. The van der Waals surface area contributed by atoms with Crippen molar-refractivity contribution in [2.45, 2.75) is 31.5 Å². The largest absolute Gasteiger partial charge is 0.460 e. The van der Waals surface area contributed by atoms with Gasteiger partial charge in [-0.15, -0.1) is 0 Å². The molecule has 3 aromatic carbocycles. The predicted octanol–water partition coefficient (Wildman–Crippen LogP) is 5.51. The van der Waals surface area contributed by atoms with Crippen molar-refractivity contribution in [3.63, 3.8) is 0 Å². The molecule has 0 aliphatic carbocycles. The second-order valence-electron chi connectivity index (χ2n) is 9.26. The summed E-state index contributed by atoms with van der Waals surface area (Å²) >= 11 is 0. The van der Waals surface area contributed by atoms with Gasteiger partial charge >= 0.3 is 0 Å². The van der Waals surface area contributed by atoms with Gasteiger partial charge in [0.15, 0.2) is 0 Å². The van der Waals surface area contributed by atoms with Crippen LogP contribution in [0.5, 0.6) is 0 Å². The maximum atomic E-state index is 14.0. The lowest BCUT2D eigenvalue weighted by Gasteiger charge is -2.34. The molecule has 0 saturated heterocycles. The van der Waals surface area contributed by atoms with Gasteiger partial charge in [0, 0.05) is 36.0 Å². The molecule has 0 spiro atoms. The number of amides is 1. The van der Waals surface area contributed by atoms with Crippen molar-refractivity contribution in [3.8, 4) is 0 Å². The van der Waals surface area contributed by atoms with Gasteiger partial charge in [0.25, 0.3) is 0 Å². The van der Waals surface area contributed by atoms with Gasteiger partial charge in [-0.2, -0.15) is 0 Å². The number of rotatable bonds is 10. The number of para-hydroxylation sites is 2. The van der Waals surface area contributed by atoms with E-state index in [1.165, 1.54) is 0 Å². The average Bonchev–Trinajstić information content (AvgIpc) is 3.51. The first kappa shape index (κ1) is 23.9. The molecule has 2 atom stereocenters. The molecule has 0 aliphatic heterocycles. The number of furan rings is 1. The van der Waals surface area contributed by atoms with E-state index >= 15 is 0 Å². The second kappa shape index (κ2) is 10.4. The highest BCUT2D eigenvalue weighted by atomic mass is 16.5. The first-order valence-corrected chi connectivity index (χ1v) is 12.2. The maximum Gasteiger partial charge on any atom is 0.243 e. The van der Waals surface area contributed by atoms with Gasteiger partial charge in [-0.1, -0.05) is 66.7 Å². The summed E-state index contributed by atoms with van der Waals surface area (Å²) in [5.74, 6) is 0.640. The molecule has 0 fully saturated rings. The third kappa shape index (κ3) is 4.91. The molecule has 0 radical (unpaired) electrons. The number of carbonyl (C=O) groups excluding carboxylic acids is 1. The smallest absolute Gasteiger partial charge is 0.243 e. The quantitative estimate of drug-likeness (QED) is 0.246. The van der Waals surface area contributed by atoms with Gasteiger partial charge in [-0.3, -0.25) is 10.1 Å². The van der Waals surface area contributed by atoms with E-state index < -0.39 is 5.54 Å². The lowest BCUT2D eigenvalue weighted by atomic mass is 9.89. The number of nitrogens with one attached hydrogen (secondary N) is 3. The molecule has 184 valence electrons. The molecular formula is C30H31N3O3. The fraction of sp³-hybridized carbons (Fsp3) is 0.233. The zero-order valence-electron chi connectivity index (χ0n) is 20.6. The molecule has 5 rings (SSSR count). The topological polar surface area (TPSA) is 79.3 Å². The van der Waals surface area contributed by atoms with E-state index in [2.05, 4.69) is 21.7 Å². The Morgan fingerprint density at radius 1 is 1.03 bits per heavy atom. The molecule has 2 unspecified atom stereocenters. The number of benzene rings is 3. The Kier molecular flexibility index (Phi) is 6.89. The van der Waals surface area contributed by atoms with Crippen LogP contribution in [-0.4, -0.2) is 30.1 Å². The SMILES string of the molecule is COCC(Cc1c[nH]c2ccccc12)(NCc1cc2ccccc2o1)C(=O)NC(C)c1ccccc1. The summed E-state index contributed by atoms with van der Waals surface area (Å²) in [7, 11) is 1.63. The van der Waals surface area contributed by atoms with Crippen LogP contribution in [0.15, 0.2) is 95.5 Å². The molecule has 6 heteroatoms. The van der Waals surface area contributed by atoms with Gasteiger partial charge in [0.2, 0.25) is 5.91 Å². The Hall–Kier alpha value is -3.87. The van der Waals surface area contributed by atoms with Crippen molar-refractivity contribution in [3.05, 3.63) is 108 Å². The number of aromatic amines is 1. The van der Waals surface area contributed by atoms with Crippen LogP contribution in [0.25, 0.3) is 21.9 Å². The highest BCUT2D eigenvalue weighted by molar-refractivity contribution is 5.89. The number of carbonyl (C=O) groups is 1. The molecule has 2 aromatic heterocycles. The molecule has 0 bridgehead atoms. The Morgan fingerprint density at radius 2 is 1.78 bits per heavy atom. The Balaban J connectivity index is 1.47. The van der Waals surface area contributed by atoms with Crippen LogP contribution in [-0.2, 0) is 22.5 Å². The van der Waals surface area contributed by atoms with Gasteiger partial charge in [0.1, 0.15) is 16.9 Å². The van der Waals surface area contributed by atoms with Gasteiger partial charge in [-0.05, 0) is 36.2 Å². The van der Waals surface area contributed by atoms with Crippen LogP contribution in [0.3, 0.4) is 0 Å².